The fourth-order valence-corrected chi connectivity index (χ4v) is 4.07. The van der Waals surface area contributed by atoms with Gasteiger partial charge in [-0.05, 0) is 6.92 Å². The van der Waals surface area contributed by atoms with Gasteiger partial charge in [-0.25, -0.2) is 56.2 Å². The smallest absolute Gasteiger partial charge is 0.336 e. The zero-order chi connectivity index (χ0) is 34.6. The van der Waals surface area contributed by atoms with Crippen molar-refractivity contribution in [2.75, 3.05) is 33.5 Å². The van der Waals surface area contributed by atoms with Gasteiger partial charge in [-0.15, -0.1) is 0 Å². The number of aliphatic hydroxyl groups excluding tert-OH is 3. The van der Waals surface area contributed by atoms with Crippen LogP contribution in [-0.2, 0) is 67.9 Å². The van der Waals surface area contributed by atoms with Crippen LogP contribution >= 0.6 is 0 Å². The van der Waals surface area contributed by atoms with E-state index in [1.54, 1.807) is 0 Å². The van der Waals surface area contributed by atoms with E-state index in [2.05, 4.69) is 4.74 Å². The van der Waals surface area contributed by atoms with Gasteiger partial charge in [-0.1, -0.05) is 0 Å². The van der Waals surface area contributed by atoms with E-state index >= 15 is 0 Å². The molecule has 2 aromatic heterocycles. The van der Waals surface area contributed by atoms with Crippen molar-refractivity contribution in [2.45, 2.75) is 71.6 Å². The summed E-state index contributed by atoms with van der Waals surface area (Å²) in [6.07, 6.45) is -2.39. The summed E-state index contributed by atoms with van der Waals surface area (Å²) in [5.74, 6) is -2.63. The summed E-state index contributed by atoms with van der Waals surface area (Å²) in [6.45, 7) is -3.93. The summed E-state index contributed by atoms with van der Waals surface area (Å²) in [5.41, 5.74) is -6.72. The highest BCUT2D eigenvalue weighted by molar-refractivity contribution is 5.70. The molecule has 0 radical (unpaired) electrons. The molecular weight excluding hydrogens is 624 g/mol. The van der Waals surface area contributed by atoms with Crippen LogP contribution in [-0.4, -0.2) is 100 Å². The van der Waals surface area contributed by atoms with Crippen LogP contribution < -0.4 is 34.1 Å². The molecule has 0 fully saturated rings. The van der Waals surface area contributed by atoms with Gasteiger partial charge in [0.25, 0.3) is 0 Å². The van der Waals surface area contributed by atoms with Crippen LogP contribution in [0.15, 0.2) is 28.8 Å². The number of esters is 3. The monoisotopic (exact) mass is 660 g/mol. The lowest BCUT2D eigenvalue weighted by molar-refractivity contribution is -0.150. The molecule has 0 aliphatic rings. The average molecular weight is 661 g/mol. The van der Waals surface area contributed by atoms with Crippen molar-refractivity contribution in [3.63, 3.8) is 0 Å². The SMILES string of the molecule is COC(=O)CCn1c(=O)n(CCC(=O)OCCn2c(=O)n(CCO)c(=O)n(CCO)c2=O)c(=O)n(CCC(=O)OC(C)CO)c1=O. The van der Waals surface area contributed by atoms with Crippen molar-refractivity contribution in [2.24, 2.45) is 0 Å². The van der Waals surface area contributed by atoms with Crippen molar-refractivity contribution in [3.05, 3.63) is 62.9 Å². The van der Waals surface area contributed by atoms with Crippen molar-refractivity contribution < 1.29 is 43.9 Å². The molecule has 0 aromatic carbocycles. The zero-order valence-corrected chi connectivity index (χ0v) is 25.2. The number of aliphatic hydroxyl groups is 3. The van der Waals surface area contributed by atoms with Crippen LogP contribution in [0.2, 0.25) is 0 Å². The lowest BCUT2D eigenvalue weighted by Crippen LogP contribution is -2.55. The molecule has 3 N–H and O–H groups in total. The van der Waals surface area contributed by atoms with Gasteiger partial charge in [0.1, 0.15) is 12.7 Å². The first-order valence-corrected chi connectivity index (χ1v) is 14.0. The molecule has 2 heterocycles. The van der Waals surface area contributed by atoms with E-state index < -0.39 is 143 Å². The van der Waals surface area contributed by atoms with Gasteiger partial charge in [-0.2, -0.15) is 0 Å². The molecule has 21 heteroatoms. The second-order valence-corrected chi connectivity index (χ2v) is 9.58. The first kappa shape index (κ1) is 37.3. The van der Waals surface area contributed by atoms with E-state index in [0.717, 1.165) is 7.11 Å². The quantitative estimate of drug-likeness (QED) is 0.0992. The van der Waals surface area contributed by atoms with Crippen LogP contribution in [0, 0.1) is 0 Å². The Morgan fingerprint density at radius 1 is 0.565 bits per heavy atom. The predicted molar refractivity (Wildman–Crippen MR) is 152 cm³/mol. The van der Waals surface area contributed by atoms with Crippen LogP contribution in [0.3, 0.4) is 0 Å². The normalized spacial score (nSPS) is 11.7. The Balaban J connectivity index is 2.28. The summed E-state index contributed by atoms with van der Waals surface area (Å²) in [6, 6.07) is 0. The molecule has 0 bridgehead atoms. The summed E-state index contributed by atoms with van der Waals surface area (Å²) in [4.78, 5) is 113. The van der Waals surface area contributed by atoms with E-state index in [1.807, 2.05) is 0 Å². The van der Waals surface area contributed by atoms with Gasteiger partial charge >= 0.3 is 52.0 Å². The van der Waals surface area contributed by atoms with Gasteiger partial charge in [0.05, 0.1) is 65.8 Å². The van der Waals surface area contributed by atoms with Crippen molar-refractivity contribution >= 4 is 17.9 Å². The lowest BCUT2D eigenvalue weighted by atomic mass is 10.4. The largest absolute Gasteiger partial charge is 0.469 e. The van der Waals surface area contributed by atoms with Crippen molar-refractivity contribution in [1.82, 2.24) is 27.4 Å². The molecule has 2 rings (SSSR count). The maximum absolute atomic E-state index is 13.1. The molecular formula is C25H36N6O15. The minimum atomic E-state index is -1.18. The average Bonchev–Trinajstić information content (AvgIpc) is 3.02. The molecule has 46 heavy (non-hydrogen) atoms. The lowest BCUT2D eigenvalue weighted by Gasteiger charge is -2.15. The highest BCUT2D eigenvalue weighted by Crippen LogP contribution is 1.96. The van der Waals surface area contributed by atoms with Crippen molar-refractivity contribution in [3.8, 4) is 0 Å². The number of nitrogens with zero attached hydrogens (tertiary/aromatic N) is 6. The summed E-state index contributed by atoms with van der Waals surface area (Å²) in [5, 5.41) is 27.4. The third-order valence-corrected chi connectivity index (χ3v) is 6.43. The minimum absolute atomic E-state index is 0.424. The second kappa shape index (κ2) is 17.6. The van der Waals surface area contributed by atoms with E-state index in [0.29, 0.717) is 27.4 Å². The fraction of sp³-hybridized carbons (Fsp3) is 0.640. The van der Waals surface area contributed by atoms with E-state index in [9.17, 15) is 53.4 Å². The molecule has 0 saturated carbocycles. The molecule has 0 amide bonds. The third kappa shape index (κ3) is 9.31. The predicted octanol–water partition coefficient (Wildman–Crippen LogP) is -5.85. The van der Waals surface area contributed by atoms with Gasteiger partial charge in [0, 0.05) is 19.6 Å². The first-order valence-electron chi connectivity index (χ1n) is 14.0. The Morgan fingerprint density at radius 3 is 1.28 bits per heavy atom. The highest BCUT2D eigenvalue weighted by Gasteiger charge is 2.20. The number of carbonyl (C=O) groups excluding carboxylic acids is 3. The van der Waals surface area contributed by atoms with E-state index in [-0.39, 0.29) is 0 Å². The summed E-state index contributed by atoms with van der Waals surface area (Å²) < 4.78 is 17.7. The van der Waals surface area contributed by atoms with Gasteiger partial charge in [0.15, 0.2) is 0 Å². The Bertz CT molecular complexity index is 1720. The van der Waals surface area contributed by atoms with Gasteiger partial charge < -0.3 is 29.5 Å². The Hall–Kier alpha value is -4.89. The number of aromatic nitrogens is 6. The molecule has 0 saturated heterocycles. The summed E-state index contributed by atoms with van der Waals surface area (Å²) >= 11 is 0. The molecule has 2 aromatic rings. The summed E-state index contributed by atoms with van der Waals surface area (Å²) in [7, 11) is 1.09. The molecule has 256 valence electrons. The molecule has 0 spiro atoms. The molecule has 21 nitrogen and oxygen atoms in total. The zero-order valence-electron chi connectivity index (χ0n) is 25.2. The Labute approximate surface area is 257 Å². The molecule has 0 aliphatic heterocycles. The maximum Gasteiger partial charge on any atom is 0.336 e. The minimum Gasteiger partial charge on any atom is -0.469 e. The van der Waals surface area contributed by atoms with Crippen LogP contribution in [0.4, 0.5) is 0 Å². The van der Waals surface area contributed by atoms with Crippen molar-refractivity contribution in [1.29, 1.82) is 0 Å². The third-order valence-electron chi connectivity index (χ3n) is 6.43. The highest BCUT2D eigenvalue weighted by atomic mass is 16.6. The van der Waals surface area contributed by atoms with E-state index in [4.69, 9.17) is 14.6 Å². The maximum atomic E-state index is 13.1. The number of carbonyl (C=O) groups is 3. The molecule has 1 atom stereocenters. The molecule has 0 aliphatic carbocycles. The Morgan fingerprint density at radius 2 is 0.913 bits per heavy atom. The van der Waals surface area contributed by atoms with Crippen LogP contribution in [0.1, 0.15) is 26.2 Å². The number of methoxy groups -OCH3 is 1. The van der Waals surface area contributed by atoms with Gasteiger partial charge in [-0.3, -0.25) is 14.4 Å². The number of hydrogen-bond donors (Lipinski definition) is 3. The fourth-order valence-electron chi connectivity index (χ4n) is 4.07. The van der Waals surface area contributed by atoms with Crippen LogP contribution in [0.25, 0.3) is 0 Å². The second-order valence-electron chi connectivity index (χ2n) is 9.58. The van der Waals surface area contributed by atoms with Gasteiger partial charge in [0.2, 0.25) is 0 Å². The van der Waals surface area contributed by atoms with Crippen LogP contribution in [0.5, 0.6) is 0 Å². The number of ether oxygens (including phenoxy) is 3. The van der Waals surface area contributed by atoms with E-state index in [1.165, 1.54) is 6.92 Å². The standard InChI is InChI=1S/C25H36N6O15/c1-16(15-34)46-19(37)5-8-28-21(39)26(6-3-17(35)44-2)20(38)27(22(28)40)7-4-18(36)45-14-11-31-24(42)29(9-12-32)23(41)30(10-13-33)25(31)43/h16,32-34H,3-15H2,1-2H3. The topological polar surface area (TPSA) is 272 Å². The number of hydrogen-bond acceptors (Lipinski definition) is 15. The first-order chi connectivity index (χ1) is 21.8. The Kier molecular flexibility index (Phi) is 14.2. The molecule has 1 unspecified atom stereocenters. The number of rotatable bonds is 18.